The summed E-state index contributed by atoms with van der Waals surface area (Å²) in [7, 11) is 0. The number of ether oxygens (including phenoxy) is 2. The fourth-order valence-electron chi connectivity index (χ4n) is 1.24. The van der Waals surface area contributed by atoms with Crippen LogP contribution in [-0.4, -0.2) is 11.9 Å². The summed E-state index contributed by atoms with van der Waals surface area (Å²) in [5.74, 6) is 1.93. The summed E-state index contributed by atoms with van der Waals surface area (Å²) in [6, 6.07) is 6.46. The fourth-order valence-corrected chi connectivity index (χ4v) is 1.24. The normalized spacial score (nSPS) is 10.5. The van der Waals surface area contributed by atoms with Gasteiger partial charge in [-0.05, 0) is 12.1 Å². The van der Waals surface area contributed by atoms with Crippen molar-refractivity contribution in [3.8, 4) is 18.1 Å². The van der Waals surface area contributed by atoms with Gasteiger partial charge < -0.3 is 9.47 Å². The van der Waals surface area contributed by atoms with Crippen LogP contribution in [0.5, 0.6) is 5.75 Å². The number of benzene rings is 1. The average molecular weight is 248 g/mol. The molecule has 0 amide bonds. The van der Waals surface area contributed by atoms with Crippen LogP contribution in [0.4, 0.5) is 0 Å². The lowest BCUT2D eigenvalue weighted by Gasteiger charge is -2.11. The summed E-state index contributed by atoms with van der Waals surface area (Å²) >= 11 is 0. The van der Waals surface area contributed by atoms with Crippen molar-refractivity contribution in [3.63, 3.8) is 0 Å². The molecule has 0 heterocycles. The highest BCUT2D eigenvalue weighted by Gasteiger charge is 2.11. The number of rotatable bonds is 3. The van der Waals surface area contributed by atoms with Crippen molar-refractivity contribution in [2.24, 2.45) is 0 Å². The number of terminal acetylenes is 1. The maximum atomic E-state index is 10.8. The molecule has 0 N–H and O–H groups in total. The largest absolute Gasteiger partial charge is 0.444 e. The van der Waals surface area contributed by atoms with Crippen LogP contribution >= 0.6 is 0 Å². The number of hydrogen-bond acceptors (Lipinski definition) is 4. The Hall–Kier alpha value is -2.28. The van der Waals surface area contributed by atoms with Crippen molar-refractivity contribution in [2.45, 2.75) is 27.4 Å². The minimum atomic E-state index is -0.723. The van der Waals surface area contributed by atoms with Gasteiger partial charge in [-0.1, -0.05) is 25.5 Å². The molecule has 0 saturated carbocycles. The van der Waals surface area contributed by atoms with Gasteiger partial charge in [0, 0.05) is 19.4 Å². The summed E-state index contributed by atoms with van der Waals surface area (Å²) < 4.78 is 9.79. The highest BCUT2D eigenvalue weighted by molar-refractivity contribution is 5.69. The minimum Gasteiger partial charge on any atom is -0.444 e. The molecule has 0 aliphatic rings. The number of esters is 2. The first-order valence-electron chi connectivity index (χ1n) is 4.94. The van der Waals surface area contributed by atoms with Crippen molar-refractivity contribution in [1.29, 1.82) is 0 Å². The number of hydrogen-bond donors (Lipinski definition) is 0. The quantitative estimate of drug-likeness (QED) is 0.468. The van der Waals surface area contributed by atoms with Gasteiger partial charge >= 0.3 is 11.9 Å². The van der Waals surface area contributed by atoms with E-state index >= 15 is 0 Å². The molecular formula is C14H16O4. The van der Waals surface area contributed by atoms with Gasteiger partial charge in [-0.2, -0.15) is 0 Å². The summed E-state index contributed by atoms with van der Waals surface area (Å²) in [6.45, 7) is 2.61. The third-order valence-corrected chi connectivity index (χ3v) is 1.88. The SMILES string of the molecule is C.C#CC(OC(C)=O)c1ccc(OC(C)=O)cc1. The fraction of sp³-hybridized carbons (Fsp3) is 0.286. The maximum absolute atomic E-state index is 10.8. The molecular weight excluding hydrogens is 232 g/mol. The van der Waals surface area contributed by atoms with E-state index in [4.69, 9.17) is 15.9 Å². The van der Waals surface area contributed by atoms with Crippen molar-refractivity contribution >= 4 is 11.9 Å². The van der Waals surface area contributed by atoms with Crippen LogP contribution in [0, 0.1) is 12.3 Å². The highest BCUT2D eigenvalue weighted by atomic mass is 16.5. The molecule has 1 atom stereocenters. The highest BCUT2D eigenvalue weighted by Crippen LogP contribution is 2.20. The van der Waals surface area contributed by atoms with E-state index < -0.39 is 18.0 Å². The van der Waals surface area contributed by atoms with E-state index in [-0.39, 0.29) is 7.43 Å². The lowest BCUT2D eigenvalue weighted by molar-refractivity contribution is -0.144. The van der Waals surface area contributed by atoms with E-state index in [1.807, 2.05) is 0 Å². The van der Waals surface area contributed by atoms with Crippen molar-refractivity contribution in [1.82, 2.24) is 0 Å². The molecule has 1 rings (SSSR count). The lowest BCUT2D eigenvalue weighted by Crippen LogP contribution is -2.06. The average Bonchev–Trinajstić information content (AvgIpc) is 2.26. The van der Waals surface area contributed by atoms with Crippen molar-refractivity contribution < 1.29 is 19.1 Å². The molecule has 0 radical (unpaired) electrons. The lowest BCUT2D eigenvalue weighted by atomic mass is 10.1. The molecule has 96 valence electrons. The van der Waals surface area contributed by atoms with Crippen LogP contribution in [0.25, 0.3) is 0 Å². The summed E-state index contributed by atoms with van der Waals surface area (Å²) in [6.07, 6.45) is 4.54. The van der Waals surface area contributed by atoms with Crippen LogP contribution in [0.1, 0.15) is 32.9 Å². The van der Waals surface area contributed by atoms with Gasteiger partial charge in [-0.25, -0.2) is 0 Å². The van der Waals surface area contributed by atoms with E-state index in [0.717, 1.165) is 0 Å². The molecule has 0 aliphatic carbocycles. The summed E-state index contributed by atoms with van der Waals surface area (Å²) in [5.41, 5.74) is 0.651. The van der Waals surface area contributed by atoms with Crippen LogP contribution < -0.4 is 4.74 Å². The molecule has 1 aromatic carbocycles. The zero-order valence-corrected chi connectivity index (χ0v) is 9.60. The van der Waals surface area contributed by atoms with E-state index in [1.54, 1.807) is 24.3 Å². The van der Waals surface area contributed by atoms with Crippen LogP contribution in [0.2, 0.25) is 0 Å². The smallest absolute Gasteiger partial charge is 0.308 e. The second kappa shape index (κ2) is 7.13. The van der Waals surface area contributed by atoms with Gasteiger partial charge in [0.1, 0.15) is 5.75 Å². The molecule has 0 aromatic heterocycles. The van der Waals surface area contributed by atoms with Gasteiger partial charge in [-0.15, -0.1) is 6.42 Å². The van der Waals surface area contributed by atoms with Gasteiger partial charge in [0.15, 0.2) is 6.10 Å². The van der Waals surface area contributed by atoms with E-state index in [9.17, 15) is 9.59 Å². The molecule has 0 saturated heterocycles. The van der Waals surface area contributed by atoms with Crippen LogP contribution in [-0.2, 0) is 14.3 Å². The van der Waals surface area contributed by atoms with Gasteiger partial charge in [0.2, 0.25) is 0 Å². The van der Waals surface area contributed by atoms with Gasteiger partial charge in [-0.3, -0.25) is 9.59 Å². The van der Waals surface area contributed by atoms with Crippen LogP contribution in [0.15, 0.2) is 24.3 Å². The molecule has 0 fully saturated rings. The Labute approximate surface area is 107 Å². The molecule has 0 bridgehead atoms. The first kappa shape index (κ1) is 15.7. The molecule has 4 heteroatoms. The Morgan fingerprint density at radius 1 is 1.17 bits per heavy atom. The molecule has 4 nitrogen and oxygen atoms in total. The Morgan fingerprint density at radius 3 is 2.11 bits per heavy atom. The van der Waals surface area contributed by atoms with E-state index in [0.29, 0.717) is 11.3 Å². The standard InChI is InChI=1S/C13H12O4.CH4/c1-4-13(17-10(3)15)11-5-7-12(8-6-11)16-9(2)14;/h1,5-8,13H,2-3H3;1H4. The predicted octanol–water partition coefficient (Wildman–Crippen LogP) is 2.49. The Balaban J connectivity index is 0.00000289. The Kier molecular flexibility index (Phi) is 6.22. The molecule has 0 spiro atoms. The third-order valence-electron chi connectivity index (χ3n) is 1.88. The second-order valence-electron chi connectivity index (χ2n) is 3.32. The predicted molar refractivity (Wildman–Crippen MR) is 67.8 cm³/mol. The second-order valence-corrected chi connectivity index (χ2v) is 3.32. The first-order valence-corrected chi connectivity index (χ1v) is 4.94. The zero-order chi connectivity index (χ0) is 12.8. The molecule has 0 aliphatic heterocycles. The van der Waals surface area contributed by atoms with Crippen molar-refractivity contribution in [3.05, 3.63) is 29.8 Å². The van der Waals surface area contributed by atoms with Gasteiger partial charge in [0.25, 0.3) is 0 Å². The minimum absolute atomic E-state index is 0. The van der Waals surface area contributed by atoms with E-state index in [2.05, 4.69) is 5.92 Å². The van der Waals surface area contributed by atoms with Gasteiger partial charge in [0.05, 0.1) is 0 Å². The summed E-state index contributed by atoms with van der Waals surface area (Å²) in [4.78, 5) is 21.5. The first-order chi connectivity index (χ1) is 8.02. The zero-order valence-electron chi connectivity index (χ0n) is 9.60. The Bertz CT molecular complexity index is 454. The molecule has 18 heavy (non-hydrogen) atoms. The monoisotopic (exact) mass is 248 g/mol. The maximum Gasteiger partial charge on any atom is 0.308 e. The Morgan fingerprint density at radius 2 is 1.72 bits per heavy atom. The topological polar surface area (TPSA) is 52.6 Å². The van der Waals surface area contributed by atoms with E-state index in [1.165, 1.54) is 13.8 Å². The van der Waals surface area contributed by atoms with Crippen molar-refractivity contribution in [2.75, 3.05) is 0 Å². The number of carbonyl (C=O) groups excluding carboxylic acids is 2. The van der Waals surface area contributed by atoms with Crippen LogP contribution in [0.3, 0.4) is 0 Å². The third kappa shape index (κ3) is 4.71. The number of carbonyl (C=O) groups is 2. The molecule has 1 aromatic rings. The summed E-state index contributed by atoms with van der Waals surface area (Å²) in [5, 5.41) is 0. The molecule has 1 unspecified atom stereocenters.